The number of nitrogen functional groups attached to an aromatic ring is 1. The second-order valence-corrected chi connectivity index (χ2v) is 6.29. The molecule has 1 saturated heterocycles. The molecular weight excluding hydrogens is 272 g/mol. The average Bonchev–Trinajstić information content (AvgIpc) is 2.38. The Morgan fingerprint density at radius 2 is 2.11 bits per heavy atom. The lowest BCUT2D eigenvalue weighted by Crippen LogP contribution is -2.50. The van der Waals surface area contributed by atoms with Crippen LogP contribution in [-0.2, 0) is 14.8 Å². The van der Waals surface area contributed by atoms with Crippen LogP contribution >= 0.6 is 0 Å². The molecule has 1 aromatic heterocycles. The van der Waals surface area contributed by atoms with Gasteiger partial charge in [-0.2, -0.15) is 4.31 Å². The average molecular weight is 288 g/mol. The first-order chi connectivity index (χ1) is 8.93. The van der Waals surface area contributed by atoms with Crippen molar-refractivity contribution in [3.05, 3.63) is 12.4 Å². The first-order valence-electron chi connectivity index (χ1n) is 5.77. The smallest absolute Gasteiger partial charge is 0.246 e. The number of anilines is 1. The summed E-state index contributed by atoms with van der Waals surface area (Å²) < 4.78 is 31.4. The lowest BCUT2D eigenvalue weighted by atomic mass is 10.2. The molecule has 3 N–H and O–H groups in total. The number of aliphatic hydroxyl groups is 1. The molecule has 9 heteroatoms. The summed E-state index contributed by atoms with van der Waals surface area (Å²) in [5.41, 5.74) is 5.33. The van der Waals surface area contributed by atoms with Crippen LogP contribution in [-0.4, -0.2) is 59.7 Å². The van der Waals surface area contributed by atoms with Crippen LogP contribution < -0.4 is 5.73 Å². The summed E-state index contributed by atoms with van der Waals surface area (Å²) in [7, 11) is -3.69. The highest BCUT2D eigenvalue weighted by Crippen LogP contribution is 2.20. The molecule has 0 radical (unpaired) electrons. The molecule has 1 aliphatic rings. The number of aromatic nitrogens is 2. The van der Waals surface area contributed by atoms with Gasteiger partial charge < -0.3 is 15.6 Å². The molecule has 0 bridgehead atoms. The van der Waals surface area contributed by atoms with E-state index in [0.717, 1.165) is 0 Å². The van der Waals surface area contributed by atoms with Gasteiger partial charge in [0, 0.05) is 13.1 Å². The van der Waals surface area contributed by atoms with Crippen LogP contribution in [0.4, 0.5) is 5.95 Å². The minimum Gasteiger partial charge on any atom is -0.394 e. The Bertz CT molecular complexity index is 533. The second-order valence-electron chi connectivity index (χ2n) is 4.35. The van der Waals surface area contributed by atoms with E-state index in [9.17, 15) is 8.42 Å². The van der Waals surface area contributed by atoms with Gasteiger partial charge in [0.05, 0.1) is 31.2 Å². The summed E-state index contributed by atoms with van der Waals surface area (Å²) in [5.74, 6) is 0.0162. The van der Waals surface area contributed by atoms with Crippen LogP contribution in [0.1, 0.15) is 6.92 Å². The maximum absolute atomic E-state index is 12.4. The van der Waals surface area contributed by atoms with Crippen molar-refractivity contribution in [2.45, 2.75) is 24.0 Å². The van der Waals surface area contributed by atoms with Crippen molar-refractivity contribution in [1.82, 2.24) is 14.3 Å². The Kier molecular flexibility index (Phi) is 3.99. The molecule has 0 aliphatic carbocycles. The third kappa shape index (κ3) is 3.00. The van der Waals surface area contributed by atoms with Gasteiger partial charge in [-0.25, -0.2) is 18.4 Å². The van der Waals surface area contributed by atoms with E-state index in [0.29, 0.717) is 0 Å². The molecule has 2 rings (SSSR count). The molecule has 2 atom stereocenters. The molecule has 0 saturated carbocycles. The summed E-state index contributed by atoms with van der Waals surface area (Å²) >= 11 is 0. The third-order valence-corrected chi connectivity index (χ3v) is 4.57. The molecule has 2 heterocycles. The lowest BCUT2D eigenvalue weighted by Gasteiger charge is -2.35. The first kappa shape index (κ1) is 14.1. The SMILES string of the molecule is CC1CN(S(=O)(=O)c2cnc(N)nc2)CC(CO)O1. The predicted octanol–water partition coefficient (Wildman–Crippen LogP) is -1.17. The fraction of sp³-hybridized carbons (Fsp3) is 0.600. The van der Waals surface area contributed by atoms with Crippen LogP contribution in [0.2, 0.25) is 0 Å². The number of ether oxygens (including phenoxy) is 1. The van der Waals surface area contributed by atoms with E-state index in [1.807, 2.05) is 0 Å². The maximum atomic E-state index is 12.4. The molecular formula is C10H16N4O4S. The molecule has 0 amide bonds. The van der Waals surface area contributed by atoms with E-state index in [1.165, 1.54) is 16.7 Å². The van der Waals surface area contributed by atoms with Crippen LogP contribution in [0.5, 0.6) is 0 Å². The van der Waals surface area contributed by atoms with Crippen molar-refractivity contribution in [2.24, 2.45) is 0 Å². The molecule has 2 unspecified atom stereocenters. The Hall–Kier alpha value is -1.29. The van der Waals surface area contributed by atoms with Gasteiger partial charge in [0.25, 0.3) is 0 Å². The van der Waals surface area contributed by atoms with Gasteiger partial charge in [0.1, 0.15) is 4.90 Å². The maximum Gasteiger partial charge on any atom is 0.246 e. The topological polar surface area (TPSA) is 119 Å². The first-order valence-corrected chi connectivity index (χ1v) is 7.21. The van der Waals surface area contributed by atoms with Crippen molar-refractivity contribution in [2.75, 3.05) is 25.4 Å². The van der Waals surface area contributed by atoms with Crippen molar-refractivity contribution in [1.29, 1.82) is 0 Å². The number of hydrogen-bond donors (Lipinski definition) is 2. The molecule has 1 fully saturated rings. The van der Waals surface area contributed by atoms with E-state index >= 15 is 0 Å². The van der Waals surface area contributed by atoms with Gasteiger partial charge >= 0.3 is 0 Å². The standard InChI is InChI=1S/C10H16N4O4S/c1-7-4-14(5-8(6-15)18-7)19(16,17)9-2-12-10(11)13-3-9/h2-3,7-8,15H,4-6H2,1H3,(H2,11,12,13). The number of hydrogen-bond acceptors (Lipinski definition) is 7. The summed E-state index contributed by atoms with van der Waals surface area (Å²) in [6, 6.07) is 0. The Morgan fingerprint density at radius 1 is 1.47 bits per heavy atom. The minimum absolute atomic E-state index is 0.0162. The molecule has 8 nitrogen and oxygen atoms in total. The van der Waals surface area contributed by atoms with Gasteiger partial charge in [-0.3, -0.25) is 0 Å². The van der Waals surface area contributed by atoms with Crippen LogP contribution in [0.3, 0.4) is 0 Å². The molecule has 0 aromatic carbocycles. The van der Waals surface area contributed by atoms with Crippen LogP contribution in [0.15, 0.2) is 17.3 Å². The number of nitrogens with two attached hydrogens (primary N) is 1. The van der Waals surface area contributed by atoms with Crippen molar-refractivity contribution in [3.63, 3.8) is 0 Å². The molecule has 1 aromatic rings. The van der Waals surface area contributed by atoms with E-state index in [2.05, 4.69) is 9.97 Å². The number of rotatable bonds is 3. The van der Waals surface area contributed by atoms with Gasteiger partial charge in [0.2, 0.25) is 16.0 Å². The zero-order valence-corrected chi connectivity index (χ0v) is 11.2. The van der Waals surface area contributed by atoms with E-state index in [1.54, 1.807) is 6.92 Å². The Balaban J connectivity index is 2.26. The number of nitrogens with zero attached hydrogens (tertiary/aromatic N) is 3. The fourth-order valence-corrected chi connectivity index (χ4v) is 3.35. The summed E-state index contributed by atoms with van der Waals surface area (Å²) in [4.78, 5) is 7.34. The highest BCUT2D eigenvalue weighted by atomic mass is 32.2. The van der Waals surface area contributed by atoms with E-state index in [4.69, 9.17) is 15.6 Å². The van der Waals surface area contributed by atoms with E-state index < -0.39 is 16.1 Å². The van der Waals surface area contributed by atoms with Crippen LogP contribution in [0, 0.1) is 0 Å². The Labute approximate surface area is 111 Å². The lowest BCUT2D eigenvalue weighted by molar-refractivity contribution is -0.0750. The predicted molar refractivity (Wildman–Crippen MR) is 66.6 cm³/mol. The molecule has 1 aliphatic heterocycles. The number of morpholine rings is 1. The zero-order valence-electron chi connectivity index (χ0n) is 10.4. The van der Waals surface area contributed by atoms with Gasteiger partial charge in [-0.05, 0) is 6.92 Å². The number of sulfonamides is 1. The highest BCUT2D eigenvalue weighted by Gasteiger charge is 2.33. The molecule has 19 heavy (non-hydrogen) atoms. The summed E-state index contributed by atoms with van der Waals surface area (Å²) in [6.45, 7) is 1.86. The van der Waals surface area contributed by atoms with Gasteiger partial charge in [-0.1, -0.05) is 0 Å². The molecule has 106 valence electrons. The summed E-state index contributed by atoms with van der Waals surface area (Å²) in [6.07, 6.45) is 1.54. The minimum atomic E-state index is -3.69. The normalized spacial score (nSPS) is 25.4. The summed E-state index contributed by atoms with van der Waals surface area (Å²) in [5, 5.41) is 9.11. The van der Waals surface area contributed by atoms with Gasteiger partial charge in [-0.15, -0.1) is 0 Å². The van der Waals surface area contributed by atoms with Crippen molar-refractivity contribution < 1.29 is 18.3 Å². The third-order valence-electron chi connectivity index (χ3n) is 2.78. The highest BCUT2D eigenvalue weighted by molar-refractivity contribution is 7.89. The van der Waals surface area contributed by atoms with Gasteiger partial charge in [0.15, 0.2) is 0 Å². The largest absolute Gasteiger partial charge is 0.394 e. The monoisotopic (exact) mass is 288 g/mol. The van der Waals surface area contributed by atoms with E-state index in [-0.39, 0.29) is 36.6 Å². The van der Waals surface area contributed by atoms with Crippen LogP contribution in [0.25, 0.3) is 0 Å². The zero-order chi connectivity index (χ0) is 14.0. The fourth-order valence-electron chi connectivity index (χ4n) is 1.91. The van der Waals surface area contributed by atoms with Crippen molar-refractivity contribution >= 4 is 16.0 Å². The molecule has 0 spiro atoms. The quantitative estimate of drug-likeness (QED) is 0.719. The van der Waals surface area contributed by atoms with Crippen molar-refractivity contribution in [3.8, 4) is 0 Å². The number of aliphatic hydroxyl groups excluding tert-OH is 1. The second kappa shape index (κ2) is 5.37. The Morgan fingerprint density at radius 3 is 2.68 bits per heavy atom.